The van der Waals surface area contributed by atoms with Gasteiger partial charge < -0.3 is 5.73 Å². The van der Waals surface area contributed by atoms with Crippen LogP contribution in [0.25, 0.3) is 0 Å². The molecule has 48 valence electrons. The Morgan fingerprint density at radius 1 is 1.78 bits per heavy atom. The Morgan fingerprint density at radius 3 is 2.89 bits per heavy atom. The summed E-state index contributed by atoms with van der Waals surface area (Å²) in [6.07, 6.45) is 3.05. The van der Waals surface area contributed by atoms with Crippen LogP contribution in [0.15, 0.2) is 10.2 Å². The summed E-state index contributed by atoms with van der Waals surface area (Å²) in [4.78, 5) is 10.4. The maximum absolute atomic E-state index is 10.4. The van der Waals surface area contributed by atoms with E-state index in [1.807, 2.05) is 0 Å². The highest BCUT2D eigenvalue weighted by Crippen LogP contribution is 1.96. The van der Waals surface area contributed by atoms with Crippen LogP contribution in [0.5, 0.6) is 0 Å². The summed E-state index contributed by atoms with van der Waals surface area (Å²) in [5.74, 6) is -0.466. The van der Waals surface area contributed by atoms with Crippen molar-refractivity contribution in [3.63, 3.8) is 0 Å². The van der Waals surface area contributed by atoms with Gasteiger partial charge in [0.05, 0.1) is 0 Å². The number of carbonyl (C=O) groups is 1. The molecule has 0 aromatic heterocycles. The van der Waals surface area contributed by atoms with Gasteiger partial charge in [0, 0.05) is 12.6 Å². The highest BCUT2D eigenvalue weighted by molar-refractivity contribution is 6.38. The lowest BCUT2D eigenvalue weighted by Crippen LogP contribution is -2.24. The van der Waals surface area contributed by atoms with Gasteiger partial charge in [-0.2, -0.15) is 10.2 Å². The zero-order chi connectivity index (χ0) is 6.69. The molecule has 0 unspecified atom stereocenters. The zero-order valence-electron chi connectivity index (χ0n) is 4.87. The second-order valence-electron chi connectivity index (χ2n) is 1.75. The summed E-state index contributed by atoms with van der Waals surface area (Å²) in [6, 6.07) is 0. The molecule has 4 heteroatoms. The topological polar surface area (TPSA) is 67.8 Å². The monoisotopic (exact) mass is 125 g/mol. The van der Waals surface area contributed by atoms with Gasteiger partial charge >= 0.3 is 0 Å². The summed E-state index contributed by atoms with van der Waals surface area (Å²) in [5.41, 5.74) is 5.30. The van der Waals surface area contributed by atoms with Gasteiger partial charge in [-0.25, -0.2) is 0 Å². The van der Waals surface area contributed by atoms with E-state index in [2.05, 4.69) is 10.2 Å². The van der Waals surface area contributed by atoms with Crippen molar-refractivity contribution in [2.45, 2.75) is 12.8 Å². The van der Waals surface area contributed by atoms with E-state index in [4.69, 9.17) is 5.73 Å². The maximum atomic E-state index is 10.4. The van der Waals surface area contributed by atoms with Gasteiger partial charge in [-0.15, -0.1) is 0 Å². The molecule has 0 saturated carbocycles. The first kappa shape index (κ1) is 5.94. The normalized spacial score (nSPS) is 17.1. The number of rotatable bonds is 1. The largest absolute Gasteiger partial charge is 0.364 e. The van der Waals surface area contributed by atoms with Crippen LogP contribution in [0.2, 0.25) is 0 Å². The van der Waals surface area contributed by atoms with Crippen molar-refractivity contribution in [1.82, 2.24) is 0 Å². The van der Waals surface area contributed by atoms with Gasteiger partial charge in [0.25, 0.3) is 5.91 Å². The zero-order valence-corrected chi connectivity index (χ0v) is 4.87. The molecule has 1 heterocycles. The molecule has 0 aromatic rings. The predicted octanol–water partition coefficient (Wildman–Crippen LogP) is -0.308. The Balaban J connectivity index is 2.68. The number of carbonyl (C=O) groups excluding carboxylic acids is 1. The second-order valence-corrected chi connectivity index (χ2v) is 1.75. The molecule has 1 amide bonds. The summed E-state index contributed by atoms with van der Waals surface area (Å²) in [5, 5.41) is 7.08. The first-order chi connectivity index (χ1) is 4.30. The van der Waals surface area contributed by atoms with Crippen LogP contribution in [0.4, 0.5) is 0 Å². The van der Waals surface area contributed by atoms with Crippen LogP contribution in [0, 0.1) is 0 Å². The third-order valence-corrected chi connectivity index (χ3v) is 1.05. The van der Waals surface area contributed by atoms with Crippen molar-refractivity contribution >= 4 is 17.8 Å². The third kappa shape index (κ3) is 1.35. The minimum atomic E-state index is -0.466. The van der Waals surface area contributed by atoms with Crippen LogP contribution >= 0.6 is 0 Å². The van der Waals surface area contributed by atoms with E-state index in [1.54, 1.807) is 6.21 Å². The van der Waals surface area contributed by atoms with Crippen LogP contribution in [-0.2, 0) is 4.79 Å². The van der Waals surface area contributed by atoms with Gasteiger partial charge in [0.15, 0.2) is 0 Å². The Labute approximate surface area is 52.5 Å². The van der Waals surface area contributed by atoms with Crippen molar-refractivity contribution in [2.24, 2.45) is 15.9 Å². The first-order valence-electron chi connectivity index (χ1n) is 2.69. The molecule has 0 radical (unpaired) electrons. The Kier molecular flexibility index (Phi) is 1.58. The molecule has 9 heavy (non-hydrogen) atoms. The number of nitrogens with zero attached hydrogens (tertiary/aromatic N) is 2. The van der Waals surface area contributed by atoms with Gasteiger partial charge in [-0.1, -0.05) is 0 Å². The molecule has 0 fully saturated rings. The average Bonchev–Trinajstić information content (AvgIpc) is 1.90. The molecule has 0 aliphatic carbocycles. The highest BCUT2D eigenvalue weighted by Gasteiger charge is 2.07. The van der Waals surface area contributed by atoms with E-state index in [1.165, 1.54) is 0 Å². The first-order valence-corrected chi connectivity index (χ1v) is 2.69. The molecule has 1 aliphatic rings. The average molecular weight is 125 g/mol. The minimum absolute atomic E-state index is 0.373. The number of primary amides is 1. The van der Waals surface area contributed by atoms with Crippen molar-refractivity contribution < 1.29 is 4.79 Å². The molecule has 1 rings (SSSR count). The standard InChI is InChI=1S/C5H7N3O/c6-5(9)4-2-1-3-7-8-4/h3H,1-2H2,(H2,6,9). The van der Waals surface area contributed by atoms with Crippen LogP contribution in [-0.4, -0.2) is 17.8 Å². The van der Waals surface area contributed by atoms with E-state index in [0.29, 0.717) is 12.1 Å². The van der Waals surface area contributed by atoms with E-state index in [9.17, 15) is 4.79 Å². The molecule has 2 N–H and O–H groups in total. The lowest BCUT2D eigenvalue weighted by Gasteiger charge is -1.99. The molecule has 0 aromatic carbocycles. The predicted molar refractivity (Wildman–Crippen MR) is 34.4 cm³/mol. The molecule has 0 spiro atoms. The smallest absolute Gasteiger partial charge is 0.264 e. The molecular weight excluding hydrogens is 118 g/mol. The molecule has 0 bridgehead atoms. The van der Waals surface area contributed by atoms with E-state index >= 15 is 0 Å². The summed E-state index contributed by atoms with van der Waals surface area (Å²) in [7, 11) is 0. The number of hydrogen-bond acceptors (Lipinski definition) is 3. The van der Waals surface area contributed by atoms with Crippen LogP contribution < -0.4 is 5.73 Å². The number of nitrogens with two attached hydrogens (primary N) is 1. The van der Waals surface area contributed by atoms with Gasteiger partial charge in [0.1, 0.15) is 5.71 Å². The van der Waals surface area contributed by atoms with Crippen molar-refractivity contribution in [2.75, 3.05) is 0 Å². The van der Waals surface area contributed by atoms with Gasteiger partial charge in [-0.05, 0) is 6.42 Å². The summed E-state index contributed by atoms with van der Waals surface area (Å²) >= 11 is 0. The lowest BCUT2D eigenvalue weighted by atomic mass is 10.2. The van der Waals surface area contributed by atoms with E-state index in [0.717, 1.165) is 6.42 Å². The van der Waals surface area contributed by atoms with Crippen LogP contribution in [0.1, 0.15) is 12.8 Å². The van der Waals surface area contributed by atoms with Crippen LogP contribution in [0.3, 0.4) is 0 Å². The Morgan fingerprint density at radius 2 is 2.56 bits per heavy atom. The van der Waals surface area contributed by atoms with Crippen molar-refractivity contribution in [3.8, 4) is 0 Å². The third-order valence-electron chi connectivity index (χ3n) is 1.05. The molecule has 1 aliphatic heterocycles. The van der Waals surface area contributed by atoms with Crippen molar-refractivity contribution in [3.05, 3.63) is 0 Å². The fourth-order valence-corrected chi connectivity index (χ4v) is 0.592. The SMILES string of the molecule is NC(=O)C1=NN=CCC1. The lowest BCUT2D eigenvalue weighted by molar-refractivity contribution is -0.112. The van der Waals surface area contributed by atoms with Gasteiger partial charge in [0.2, 0.25) is 0 Å². The maximum Gasteiger partial charge on any atom is 0.264 e. The Hall–Kier alpha value is -1.19. The van der Waals surface area contributed by atoms with Crippen molar-refractivity contribution in [1.29, 1.82) is 0 Å². The molecule has 0 atom stereocenters. The summed E-state index contributed by atoms with van der Waals surface area (Å²) < 4.78 is 0. The fourth-order valence-electron chi connectivity index (χ4n) is 0.592. The Bertz CT molecular complexity index is 183. The quantitative estimate of drug-likeness (QED) is 0.513. The molecule has 0 saturated heterocycles. The van der Waals surface area contributed by atoms with E-state index < -0.39 is 5.91 Å². The molecular formula is C5H7N3O. The molecule has 4 nitrogen and oxygen atoms in total. The fraction of sp³-hybridized carbons (Fsp3) is 0.400. The van der Waals surface area contributed by atoms with Gasteiger partial charge in [-0.3, -0.25) is 4.79 Å². The second kappa shape index (κ2) is 2.39. The minimum Gasteiger partial charge on any atom is -0.364 e. The summed E-state index contributed by atoms with van der Waals surface area (Å²) in [6.45, 7) is 0. The highest BCUT2D eigenvalue weighted by atomic mass is 16.1. The number of hydrogen-bond donors (Lipinski definition) is 1. The van der Waals surface area contributed by atoms with E-state index in [-0.39, 0.29) is 0 Å². The number of amides is 1.